The maximum Gasteiger partial charge on any atom is 0.341 e. The zero-order valence-corrected chi connectivity index (χ0v) is 13.9. The Morgan fingerprint density at radius 3 is 2.36 bits per heavy atom. The molecule has 1 saturated carbocycles. The molecule has 5 heteroatoms. The van der Waals surface area contributed by atoms with Crippen LogP contribution in [-0.4, -0.2) is 23.6 Å². The Balaban J connectivity index is 1.42. The lowest BCUT2D eigenvalue weighted by Gasteiger charge is -2.35. The van der Waals surface area contributed by atoms with Gasteiger partial charge in [0.1, 0.15) is 5.75 Å². The van der Waals surface area contributed by atoms with Gasteiger partial charge in [-0.2, -0.15) is 0 Å². The van der Waals surface area contributed by atoms with E-state index in [4.69, 9.17) is 9.84 Å². The van der Waals surface area contributed by atoms with E-state index in [-0.39, 0.29) is 12.5 Å². The summed E-state index contributed by atoms with van der Waals surface area (Å²) >= 11 is 0. The minimum Gasteiger partial charge on any atom is -0.482 e. The first-order valence-electron chi connectivity index (χ1n) is 8.39. The van der Waals surface area contributed by atoms with Crippen molar-refractivity contribution >= 4 is 17.6 Å². The number of carboxylic acids is 1. The van der Waals surface area contributed by atoms with Gasteiger partial charge in [0.2, 0.25) is 5.91 Å². The molecule has 0 heterocycles. The quantitative estimate of drug-likeness (QED) is 0.807. The number of anilines is 1. The van der Waals surface area contributed by atoms with Gasteiger partial charge in [0.25, 0.3) is 0 Å². The molecule has 1 aliphatic carbocycles. The molecule has 1 fully saturated rings. The van der Waals surface area contributed by atoms with Crippen molar-refractivity contribution in [3.63, 3.8) is 0 Å². The van der Waals surface area contributed by atoms with Gasteiger partial charge in [-0.25, -0.2) is 4.79 Å². The molecule has 0 aliphatic heterocycles. The molecular weight excluding hydrogens is 318 g/mol. The normalized spacial score (nSPS) is 18.9. The van der Waals surface area contributed by atoms with Crippen LogP contribution >= 0.6 is 0 Å². The van der Waals surface area contributed by atoms with Crippen LogP contribution in [0.15, 0.2) is 54.6 Å². The molecular formula is C20H21NO4. The average Bonchev–Trinajstić information content (AvgIpc) is 2.58. The van der Waals surface area contributed by atoms with Crippen LogP contribution in [0.25, 0.3) is 0 Å². The highest BCUT2D eigenvalue weighted by atomic mass is 16.5. The van der Waals surface area contributed by atoms with E-state index in [1.165, 1.54) is 5.56 Å². The maximum absolute atomic E-state index is 12.1. The van der Waals surface area contributed by atoms with E-state index in [0.29, 0.717) is 29.7 Å². The summed E-state index contributed by atoms with van der Waals surface area (Å²) in [7, 11) is 0. The molecule has 5 nitrogen and oxygen atoms in total. The van der Waals surface area contributed by atoms with E-state index in [1.54, 1.807) is 24.3 Å². The van der Waals surface area contributed by atoms with Crippen LogP contribution in [0.2, 0.25) is 0 Å². The molecule has 0 radical (unpaired) electrons. The molecule has 1 aliphatic rings. The zero-order valence-electron chi connectivity index (χ0n) is 13.9. The third-order valence-electron chi connectivity index (χ3n) is 4.48. The lowest BCUT2D eigenvalue weighted by molar-refractivity contribution is -0.139. The molecule has 25 heavy (non-hydrogen) atoms. The molecule has 0 unspecified atom stereocenters. The number of benzene rings is 2. The molecule has 0 bridgehead atoms. The summed E-state index contributed by atoms with van der Waals surface area (Å²) in [5, 5.41) is 11.4. The summed E-state index contributed by atoms with van der Waals surface area (Å²) in [4.78, 5) is 22.6. The van der Waals surface area contributed by atoms with E-state index in [9.17, 15) is 9.59 Å². The summed E-state index contributed by atoms with van der Waals surface area (Å²) in [5.74, 6) is 0.459. The number of carbonyl (C=O) groups excluding carboxylic acids is 1. The lowest BCUT2D eigenvalue weighted by atomic mass is 9.70. The highest BCUT2D eigenvalue weighted by Crippen LogP contribution is 2.43. The van der Waals surface area contributed by atoms with Crippen molar-refractivity contribution in [1.29, 1.82) is 0 Å². The average molecular weight is 339 g/mol. The smallest absolute Gasteiger partial charge is 0.341 e. The predicted molar refractivity (Wildman–Crippen MR) is 94.7 cm³/mol. The number of rotatable bonds is 7. The number of carbonyl (C=O) groups is 2. The molecule has 1 amide bonds. The van der Waals surface area contributed by atoms with Crippen molar-refractivity contribution in [3.05, 3.63) is 60.2 Å². The minimum atomic E-state index is -1.02. The first kappa shape index (κ1) is 17.0. The van der Waals surface area contributed by atoms with E-state index in [0.717, 1.165) is 12.8 Å². The number of aliphatic carboxylic acids is 1. The first-order chi connectivity index (χ1) is 12.1. The van der Waals surface area contributed by atoms with Crippen LogP contribution in [0.5, 0.6) is 5.75 Å². The van der Waals surface area contributed by atoms with E-state index in [1.807, 2.05) is 6.07 Å². The van der Waals surface area contributed by atoms with E-state index in [2.05, 4.69) is 29.6 Å². The van der Waals surface area contributed by atoms with Gasteiger partial charge in [0, 0.05) is 12.1 Å². The minimum absolute atomic E-state index is 0.00992. The fraction of sp³-hybridized carbons (Fsp3) is 0.300. The molecule has 0 atom stereocenters. The van der Waals surface area contributed by atoms with Crippen LogP contribution in [0, 0.1) is 5.92 Å². The van der Waals surface area contributed by atoms with Crippen molar-refractivity contribution in [2.75, 3.05) is 11.9 Å². The predicted octanol–water partition coefficient (Wildman–Crippen LogP) is 3.67. The van der Waals surface area contributed by atoms with Crippen molar-refractivity contribution in [3.8, 4) is 5.75 Å². The molecule has 2 N–H and O–H groups in total. The van der Waals surface area contributed by atoms with Gasteiger partial charge in [-0.1, -0.05) is 30.3 Å². The Labute approximate surface area is 146 Å². The number of ether oxygens (including phenoxy) is 1. The van der Waals surface area contributed by atoms with Crippen LogP contribution in [0.3, 0.4) is 0 Å². The van der Waals surface area contributed by atoms with Gasteiger partial charge in [0.05, 0.1) is 0 Å². The Morgan fingerprint density at radius 2 is 1.72 bits per heavy atom. The van der Waals surface area contributed by atoms with Gasteiger partial charge in [-0.15, -0.1) is 0 Å². The highest BCUT2D eigenvalue weighted by Gasteiger charge is 2.31. The third-order valence-corrected chi connectivity index (χ3v) is 4.48. The van der Waals surface area contributed by atoms with E-state index < -0.39 is 5.97 Å². The number of hydrogen-bond acceptors (Lipinski definition) is 3. The second-order valence-corrected chi connectivity index (χ2v) is 6.40. The Hall–Kier alpha value is -2.82. The number of carboxylic acid groups (broad SMARTS) is 1. The van der Waals surface area contributed by atoms with Crippen LogP contribution in [-0.2, 0) is 9.59 Å². The van der Waals surface area contributed by atoms with Crippen molar-refractivity contribution in [2.45, 2.75) is 25.2 Å². The highest BCUT2D eigenvalue weighted by molar-refractivity contribution is 5.91. The Kier molecular flexibility index (Phi) is 5.33. The molecule has 2 aromatic rings. The van der Waals surface area contributed by atoms with Crippen LogP contribution in [0.1, 0.15) is 30.7 Å². The maximum atomic E-state index is 12.1. The molecule has 130 valence electrons. The zero-order chi connectivity index (χ0) is 17.6. The van der Waals surface area contributed by atoms with Gasteiger partial charge in [-0.3, -0.25) is 4.79 Å². The van der Waals surface area contributed by atoms with Crippen molar-refractivity contribution in [1.82, 2.24) is 0 Å². The monoisotopic (exact) mass is 339 g/mol. The Bertz CT molecular complexity index is 721. The van der Waals surface area contributed by atoms with Crippen molar-refractivity contribution < 1.29 is 19.4 Å². The first-order valence-corrected chi connectivity index (χ1v) is 8.39. The number of nitrogens with one attached hydrogen (secondary N) is 1. The van der Waals surface area contributed by atoms with Gasteiger partial charge in [0.15, 0.2) is 6.61 Å². The molecule has 0 saturated heterocycles. The fourth-order valence-electron chi connectivity index (χ4n) is 3.15. The largest absolute Gasteiger partial charge is 0.482 e. The fourth-order valence-corrected chi connectivity index (χ4v) is 3.15. The number of amides is 1. The summed E-state index contributed by atoms with van der Waals surface area (Å²) in [6, 6.07) is 17.1. The molecule has 0 spiro atoms. The molecule has 3 rings (SSSR count). The van der Waals surface area contributed by atoms with Gasteiger partial charge in [-0.05, 0) is 54.5 Å². The molecule has 2 aromatic carbocycles. The third kappa shape index (κ3) is 4.83. The second-order valence-electron chi connectivity index (χ2n) is 6.40. The SMILES string of the molecule is O=C(O)COc1ccc(NC(=O)CC2CC(c3ccccc3)C2)cc1. The van der Waals surface area contributed by atoms with E-state index >= 15 is 0 Å². The summed E-state index contributed by atoms with van der Waals surface area (Å²) in [6.45, 7) is -0.379. The lowest BCUT2D eigenvalue weighted by Crippen LogP contribution is -2.26. The van der Waals surface area contributed by atoms with Crippen LogP contribution < -0.4 is 10.1 Å². The standard InChI is InChI=1S/C20H21NO4/c22-19(12-14-10-16(11-14)15-4-2-1-3-5-15)21-17-6-8-18(9-7-17)25-13-20(23)24/h1-9,14,16H,10-13H2,(H,21,22)(H,23,24). The second kappa shape index (κ2) is 7.83. The molecule has 0 aromatic heterocycles. The van der Waals surface area contributed by atoms with Gasteiger partial charge >= 0.3 is 5.97 Å². The van der Waals surface area contributed by atoms with Crippen LogP contribution in [0.4, 0.5) is 5.69 Å². The topological polar surface area (TPSA) is 75.6 Å². The Morgan fingerprint density at radius 1 is 1.04 bits per heavy atom. The summed E-state index contributed by atoms with van der Waals surface area (Å²) < 4.78 is 5.06. The number of hydrogen-bond donors (Lipinski definition) is 2. The summed E-state index contributed by atoms with van der Waals surface area (Å²) in [5.41, 5.74) is 2.04. The summed E-state index contributed by atoms with van der Waals surface area (Å²) in [6.07, 6.45) is 2.64. The van der Waals surface area contributed by atoms with Gasteiger partial charge < -0.3 is 15.2 Å². The van der Waals surface area contributed by atoms with Crippen molar-refractivity contribution in [2.24, 2.45) is 5.92 Å².